The summed E-state index contributed by atoms with van der Waals surface area (Å²) in [5, 5.41) is 0. The van der Waals surface area contributed by atoms with Crippen LogP contribution in [0.4, 0.5) is 10.1 Å². The number of hydrogen-bond donors (Lipinski definition) is 1. The van der Waals surface area contributed by atoms with Gasteiger partial charge >= 0.3 is 0 Å². The number of anilines is 1. The predicted molar refractivity (Wildman–Crippen MR) is 73.8 cm³/mol. The van der Waals surface area contributed by atoms with Gasteiger partial charge in [0.2, 0.25) is 5.91 Å². The van der Waals surface area contributed by atoms with Gasteiger partial charge in [-0.1, -0.05) is 13.8 Å². The molecule has 2 N–H and O–H groups in total. The fourth-order valence-corrected chi connectivity index (χ4v) is 1.85. The Kier molecular flexibility index (Phi) is 5.30. The highest BCUT2D eigenvalue weighted by Crippen LogP contribution is 2.23. The van der Waals surface area contributed by atoms with Gasteiger partial charge in [0.15, 0.2) is 11.6 Å². The number of likely N-dealkylation sites (N-methyl/N-ethyl adjacent to an activating group) is 1. The van der Waals surface area contributed by atoms with Crippen LogP contribution < -0.4 is 15.4 Å². The number of methoxy groups -OCH3 is 1. The first-order valence-electron chi connectivity index (χ1n) is 6.23. The Bertz CT molecular complexity index is 449. The summed E-state index contributed by atoms with van der Waals surface area (Å²) in [4.78, 5) is 13.5. The van der Waals surface area contributed by atoms with Gasteiger partial charge in [-0.05, 0) is 24.5 Å². The van der Waals surface area contributed by atoms with Crippen molar-refractivity contribution in [3.05, 3.63) is 24.0 Å². The standard InChI is InChI=1S/C14H21FN2O2/c1-9(2)7-12(16)14(18)17(3)10-5-6-13(19-4)11(15)8-10/h5-6,8-9,12H,7,16H2,1-4H3/t12-/m0/s1. The summed E-state index contributed by atoms with van der Waals surface area (Å²) >= 11 is 0. The zero-order valence-corrected chi connectivity index (χ0v) is 11.8. The number of ether oxygens (including phenoxy) is 1. The van der Waals surface area contributed by atoms with Gasteiger partial charge in [-0.3, -0.25) is 4.79 Å². The highest BCUT2D eigenvalue weighted by atomic mass is 19.1. The van der Waals surface area contributed by atoms with E-state index in [0.29, 0.717) is 18.0 Å². The maximum absolute atomic E-state index is 13.6. The molecule has 19 heavy (non-hydrogen) atoms. The Labute approximate surface area is 113 Å². The van der Waals surface area contributed by atoms with Crippen molar-refractivity contribution in [2.24, 2.45) is 11.7 Å². The molecule has 0 saturated carbocycles. The molecule has 0 fully saturated rings. The van der Waals surface area contributed by atoms with Gasteiger partial charge in [0.25, 0.3) is 0 Å². The molecule has 0 spiro atoms. The molecule has 0 bridgehead atoms. The van der Waals surface area contributed by atoms with Crippen LogP contribution in [0.5, 0.6) is 5.75 Å². The van der Waals surface area contributed by atoms with Gasteiger partial charge in [-0.25, -0.2) is 4.39 Å². The summed E-state index contributed by atoms with van der Waals surface area (Å²) in [7, 11) is 2.98. The Morgan fingerprint density at radius 3 is 2.58 bits per heavy atom. The lowest BCUT2D eigenvalue weighted by molar-refractivity contribution is -0.119. The van der Waals surface area contributed by atoms with Crippen molar-refractivity contribution in [3.63, 3.8) is 0 Å². The van der Waals surface area contributed by atoms with Crippen molar-refractivity contribution in [2.75, 3.05) is 19.1 Å². The molecule has 1 rings (SSSR count). The average molecular weight is 268 g/mol. The van der Waals surface area contributed by atoms with Gasteiger partial charge in [-0.15, -0.1) is 0 Å². The van der Waals surface area contributed by atoms with Crippen LogP contribution in [0.25, 0.3) is 0 Å². The molecule has 1 aromatic carbocycles. The van der Waals surface area contributed by atoms with Gasteiger partial charge < -0.3 is 15.4 Å². The lowest BCUT2D eigenvalue weighted by Gasteiger charge is -2.22. The number of rotatable bonds is 5. The first-order chi connectivity index (χ1) is 8.86. The fourth-order valence-electron chi connectivity index (χ4n) is 1.85. The van der Waals surface area contributed by atoms with E-state index in [2.05, 4.69) is 0 Å². The molecular formula is C14H21FN2O2. The van der Waals surface area contributed by atoms with Crippen LogP contribution in [-0.2, 0) is 4.79 Å². The van der Waals surface area contributed by atoms with E-state index in [4.69, 9.17) is 10.5 Å². The topological polar surface area (TPSA) is 55.6 Å². The minimum absolute atomic E-state index is 0.149. The summed E-state index contributed by atoms with van der Waals surface area (Å²) in [5.74, 6) is -0.244. The molecule has 0 aromatic heterocycles. The second-order valence-corrected chi connectivity index (χ2v) is 4.95. The van der Waals surface area contributed by atoms with Crippen LogP contribution in [0.1, 0.15) is 20.3 Å². The van der Waals surface area contributed by atoms with E-state index in [-0.39, 0.29) is 11.7 Å². The Hall–Kier alpha value is -1.62. The Balaban J connectivity index is 2.85. The molecule has 4 nitrogen and oxygen atoms in total. The summed E-state index contributed by atoms with van der Waals surface area (Å²) in [6, 6.07) is 3.80. The summed E-state index contributed by atoms with van der Waals surface area (Å²) < 4.78 is 18.4. The van der Waals surface area contributed by atoms with Crippen LogP contribution in [-0.4, -0.2) is 26.1 Å². The van der Waals surface area contributed by atoms with E-state index in [9.17, 15) is 9.18 Å². The van der Waals surface area contributed by atoms with E-state index in [1.54, 1.807) is 13.1 Å². The van der Waals surface area contributed by atoms with Crippen LogP contribution in [0.2, 0.25) is 0 Å². The maximum Gasteiger partial charge on any atom is 0.243 e. The second-order valence-electron chi connectivity index (χ2n) is 4.95. The van der Waals surface area contributed by atoms with Crippen molar-refractivity contribution in [2.45, 2.75) is 26.3 Å². The lowest BCUT2D eigenvalue weighted by atomic mass is 10.0. The van der Waals surface area contributed by atoms with Gasteiger partial charge in [0.1, 0.15) is 0 Å². The number of nitrogens with zero attached hydrogens (tertiary/aromatic N) is 1. The SMILES string of the molecule is COc1ccc(N(C)C(=O)[C@@H](N)CC(C)C)cc1F. The smallest absolute Gasteiger partial charge is 0.243 e. The van der Waals surface area contributed by atoms with Gasteiger partial charge in [-0.2, -0.15) is 0 Å². The Morgan fingerprint density at radius 1 is 1.47 bits per heavy atom. The largest absolute Gasteiger partial charge is 0.494 e. The van der Waals surface area contributed by atoms with Gasteiger partial charge in [0, 0.05) is 18.8 Å². The molecule has 1 amide bonds. The van der Waals surface area contributed by atoms with Crippen molar-refractivity contribution < 1.29 is 13.9 Å². The fraction of sp³-hybridized carbons (Fsp3) is 0.500. The molecule has 0 aliphatic rings. The maximum atomic E-state index is 13.6. The van der Waals surface area contributed by atoms with Crippen molar-refractivity contribution >= 4 is 11.6 Å². The number of halogens is 1. The third kappa shape index (κ3) is 3.92. The first-order valence-corrected chi connectivity index (χ1v) is 6.23. The molecule has 1 atom stereocenters. The molecule has 0 aliphatic heterocycles. The monoisotopic (exact) mass is 268 g/mol. The summed E-state index contributed by atoms with van der Waals surface area (Å²) in [6.45, 7) is 4.00. The van der Waals surface area contributed by atoms with E-state index >= 15 is 0 Å². The van der Waals surface area contributed by atoms with Crippen LogP contribution >= 0.6 is 0 Å². The Morgan fingerprint density at radius 2 is 2.11 bits per heavy atom. The van der Waals surface area contributed by atoms with Crippen LogP contribution in [0.15, 0.2) is 18.2 Å². The predicted octanol–water partition coefficient (Wildman–Crippen LogP) is 2.17. The quantitative estimate of drug-likeness (QED) is 0.890. The average Bonchev–Trinajstić information content (AvgIpc) is 2.36. The third-order valence-corrected chi connectivity index (χ3v) is 2.90. The molecule has 1 aromatic rings. The van der Waals surface area contributed by atoms with Crippen molar-refractivity contribution in [3.8, 4) is 5.75 Å². The minimum atomic E-state index is -0.574. The molecule has 0 heterocycles. The number of carbonyl (C=O) groups excluding carboxylic acids is 1. The highest BCUT2D eigenvalue weighted by molar-refractivity contribution is 5.96. The van der Waals surface area contributed by atoms with E-state index < -0.39 is 11.9 Å². The molecule has 0 aliphatic carbocycles. The van der Waals surface area contributed by atoms with Crippen LogP contribution in [0.3, 0.4) is 0 Å². The summed E-state index contributed by atoms with van der Waals surface area (Å²) in [5.41, 5.74) is 6.30. The zero-order chi connectivity index (χ0) is 14.6. The van der Waals surface area contributed by atoms with E-state index in [1.165, 1.54) is 24.1 Å². The first kappa shape index (κ1) is 15.4. The molecule has 0 unspecified atom stereocenters. The second kappa shape index (κ2) is 6.52. The molecule has 0 radical (unpaired) electrons. The molecule has 5 heteroatoms. The normalized spacial score (nSPS) is 12.4. The number of nitrogens with two attached hydrogens (primary N) is 1. The van der Waals surface area contributed by atoms with E-state index in [0.717, 1.165) is 0 Å². The molecule has 106 valence electrons. The van der Waals surface area contributed by atoms with Crippen molar-refractivity contribution in [1.29, 1.82) is 0 Å². The molecule has 0 saturated heterocycles. The summed E-state index contributed by atoms with van der Waals surface area (Å²) in [6.07, 6.45) is 0.599. The van der Waals surface area contributed by atoms with Crippen molar-refractivity contribution in [1.82, 2.24) is 0 Å². The zero-order valence-electron chi connectivity index (χ0n) is 11.8. The minimum Gasteiger partial charge on any atom is -0.494 e. The van der Waals surface area contributed by atoms with E-state index in [1.807, 2.05) is 13.8 Å². The third-order valence-electron chi connectivity index (χ3n) is 2.90. The van der Waals surface area contributed by atoms with Crippen LogP contribution in [0, 0.1) is 11.7 Å². The highest BCUT2D eigenvalue weighted by Gasteiger charge is 2.20. The van der Waals surface area contributed by atoms with Gasteiger partial charge in [0.05, 0.1) is 13.2 Å². The number of carbonyl (C=O) groups is 1. The lowest BCUT2D eigenvalue weighted by Crippen LogP contribution is -2.42. The number of hydrogen-bond acceptors (Lipinski definition) is 3. The molecular weight excluding hydrogens is 247 g/mol. The number of benzene rings is 1. The number of amides is 1.